The summed E-state index contributed by atoms with van der Waals surface area (Å²) in [5, 5.41) is 0. The first-order chi connectivity index (χ1) is 8.04. The number of hydrogen-bond donors (Lipinski definition) is 0. The van der Waals surface area contributed by atoms with Gasteiger partial charge >= 0.3 is 0 Å². The van der Waals surface area contributed by atoms with Crippen molar-refractivity contribution in [2.45, 2.75) is 45.6 Å². The van der Waals surface area contributed by atoms with E-state index in [1.807, 2.05) is 0 Å². The molecular weight excluding hydrogens is 212 g/mol. The molecule has 0 bridgehead atoms. The van der Waals surface area contributed by atoms with Gasteiger partial charge in [-0.3, -0.25) is 9.69 Å². The minimum atomic E-state index is 0.357. The van der Waals surface area contributed by atoms with Crippen LogP contribution in [0.3, 0.4) is 0 Å². The number of carbonyl (C=O) groups is 1. The van der Waals surface area contributed by atoms with Gasteiger partial charge in [-0.25, -0.2) is 0 Å². The van der Waals surface area contributed by atoms with Crippen LogP contribution in [0.15, 0.2) is 0 Å². The van der Waals surface area contributed by atoms with Crippen molar-refractivity contribution in [2.24, 2.45) is 5.92 Å². The lowest BCUT2D eigenvalue weighted by atomic mass is 10.0. The van der Waals surface area contributed by atoms with Gasteiger partial charge < -0.3 is 4.90 Å². The van der Waals surface area contributed by atoms with Crippen molar-refractivity contribution in [3.8, 4) is 0 Å². The van der Waals surface area contributed by atoms with Crippen LogP contribution in [0, 0.1) is 5.92 Å². The highest BCUT2D eigenvalue weighted by molar-refractivity contribution is 5.83. The Labute approximate surface area is 106 Å². The summed E-state index contributed by atoms with van der Waals surface area (Å²) in [7, 11) is 4.17. The maximum atomic E-state index is 12.1. The molecule has 3 nitrogen and oxygen atoms in total. The maximum Gasteiger partial charge on any atom is 0.149 e. The minimum Gasteiger partial charge on any atom is -0.308 e. The third-order valence-electron chi connectivity index (χ3n) is 3.83. The predicted molar refractivity (Wildman–Crippen MR) is 72.2 cm³/mol. The summed E-state index contributed by atoms with van der Waals surface area (Å²) >= 11 is 0. The van der Waals surface area contributed by atoms with Crippen molar-refractivity contribution in [3.05, 3.63) is 0 Å². The normalized spacial score (nSPS) is 19.2. The number of nitrogens with zero attached hydrogens (tertiary/aromatic N) is 2. The van der Waals surface area contributed by atoms with Gasteiger partial charge in [0.1, 0.15) is 5.78 Å². The maximum absolute atomic E-state index is 12.1. The van der Waals surface area contributed by atoms with E-state index in [9.17, 15) is 4.79 Å². The SMILES string of the molecule is CCN(CC(=O)C1CCCC1)C(C)CN(C)C. The fourth-order valence-corrected chi connectivity index (χ4v) is 2.80. The number of likely N-dealkylation sites (N-methyl/N-ethyl adjacent to an activating group) is 2. The van der Waals surface area contributed by atoms with Gasteiger partial charge in [0.15, 0.2) is 0 Å². The third kappa shape index (κ3) is 4.76. The summed E-state index contributed by atoms with van der Waals surface area (Å²) < 4.78 is 0. The van der Waals surface area contributed by atoms with Crippen LogP contribution in [-0.2, 0) is 4.79 Å². The Balaban J connectivity index is 2.42. The molecule has 0 spiro atoms. The summed E-state index contributed by atoms with van der Waals surface area (Å²) in [4.78, 5) is 16.6. The van der Waals surface area contributed by atoms with Crippen LogP contribution in [0.1, 0.15) is 39.5 Å². The molecule has 0 heterocycles. The molecule has 1 aliphatic carbocycles. The zero-order chi connectivity index (χ0) is 12.8. The molecule has 1 saturated carbocycles. The van der Waals surface area contributed by atoms with Crippen molar-refractivity contribution < 1.29 is 4.79 Å². The monoisotopic (exact) mass is 240 g/mol. The average molecular weight is 240 g/mol. The van der Waals surface area contributed by atoms with Gasteiger partial charge in [0.05, 0.1) is 6.54 Å². The van der Waals surface area contributed by atoms with Crippen LogP contribution in [0.2, 0.25) is 0 Å². The Morgan fingerprint density at radius 3 is 2.35 bits per heavy atom. The topological polar surface area (TPSA) is 23.6 Å². The van der Waals surface area contributed by atoms with Crippen molar-refractivity contribution in [3.63, 3.8) is 0 Å². The predicted octanol–water partition coefficient (Wildman–Crippen LogP) is 2.02. The summed E-state index contributed by atoms with van der Waals surface area (Å²) in [6.45, 7) is 6.99. The second kappa shape index (κ2) is 7.12. The second-order valence-corrected chi connectivity index (χ2v) is 5.62. The molecule has 1 unspecified atom stereocenters. The Hall–Kier alpha value is -0.410. The molecule has 3 heteroatoms. The number of Topliss-reactive ketones (excluding diaryl/α,β-unsaturated/α-hetero) is 1. The van der Waals surface area contributed by atoms with E-state index in [-0.39, 0.29) is 0 Å². The number of rotatable bonds is 7. The molecule has 0 aliphatic heterocycles. The van der Waals surface area contributed by atoms with E-state index in [2.05, 4.69) is 37.7 Å². The van der Waals surface area contributed by atoms with E-state index < -0.39 is 0 Å². The lowest BCUT2D eigenvalue weighted by Crippen LogP contribution is -2.43. The van der Waals surface area contributed by atoms with E-state index in [1.165, 1.54) is 12.8 Å². The number of carbonyl (C=O) groups excluding carboxylic acids is 1. The van der Waals surface area contributed by atoms with Crippen LogP contribution >= 0.6 is 0 Å². The van der Waals surface area contributed by atoms with Crippen molar-refractivity contribution in [1.29, 1.82) is 0 Å². The average Bonchev–Trinajstić information content (AvgIpc) is 2.77. The van der Waals surface area contributed by atoms with E-state index in [1.54, 1.807) is 0 Å². The molecule has 0 aromatic rings. The second-order valence-electron chi connectivity index (χ2n) is 5.62. The van der Waals surface area contributed by atoms with Gasteiger partial charge in [0.2, 0.25) is 0 Å². The largest absolute Gasteiger partial charge is 0.308 e. The van der Waals surface area contributed by atoms with Gasteiger partial charge in [0.25, 0.3) is 0 Å². The fraction of sp³-hybridized carbons (Fsp3) is 0.929. The molecule has 1 fully saturated rings. The molecule has 0 N–H and O–H groups in total. The molecule has 100 valence electrons. The molecule has 17 heavy (non-hydrogen) atoms. The fourth-order valence-electron chi connectivity index (χ4n) is 2.80. The smallest absolute Gasteiger partial charge is 0.149 e. The van der Waals surface area contributed by atoms with Gasteiger partial charge in [0, 0.05) is 18.5 Å². The van der Waals surface area contributed by atoms with Gasteiger partial charge in [-0.1, -0.05) is 19.8 Å². The highest BCUT2D eigenvalue weighted by Crippen LogP contribution is 2.25. The van der Waals surface area contributed by atoms with E-state index in [0.717, 1.165) is 25.9 Å². The Morgan fingerprint density at radius 2 is 1.88 bits per heavy atom. The molecule has 0 radical (unpaired) electrons. The zero-order valence-corrected chi connectivity index (χ0v) is 11.9. The van der Waals surface area contributed by atoms with E-state index in [0.29, 0.717) is 24.3 Å². The van der Waals surface area contributed by atoms with Crippen LogP contribution in [0.25, 0.3) is 0 Å². The number of hydrogen-bond acceptors (Lipinski definition) is 3. The molecule has 1 aliphatic rings. The first-order valence-corrected chi connectivity index (χ1v) is 6.96. The quantitative estimate of drug-likeness (QED) is 0.680. The van der Waals surface area contributed by atoms with Gasteiger partial charge in [-0.2, -0.15) is 0 Å². The molecule has 0 saturated heterocycles. The first-order valence-electron chi connectivity index (χ1n) is 6.96. The molecule has 1 rings (SSSR count). The van der Waals surface area contributed by atoms with E-state index in [4.69, 9.17) is 0 Å². The lowest BCUT2D eigenvalue weighted by Gasteiger charge is -2.30. The van der Waals surface area contributed by atoms with Gasteiger partial charge in [-0.05, 0) is 40.4 Å². The van der Waals surface area contributed by atoms with Crippen LogP contribution in [0.4, 0.5) is 0 Å². The van der Waals surface area contributed by atoms with Crippen molar-refractivity contribution in [1.82, 2.24) is 9.80 Å². The highest BCUT2D eigenvalue weighted by Gasteiger charge is 2.25. The molecule has 0 aromatic heterocycles. The van der Waals surface area contributed by atoms with Crippen LogP contribution in [0.5, 0.6) is 0 Å². The standard InChI is InChI=1S/C14H28N2O/c1-5-16(12(2)10-15(3)4)11-14(17)13-8-6-7-9-13/h12-13H,5-11H2,1-4H3. The van der Waals surface area contributed by atoms with Crippen molar-refractivity contribution >= 4 is 5.78 Å². The molecule has 1 atom stereocenters. The Morgan fingerprint density at radius 1 is 1.29 bits per heavy atom. The zero-order valence-electron chi connectivity index (χ0n) is 11.9. The highest BCUT2D eigenvalue weighted by atomic mass is 16.1. The molecular formula is C14H28N2O. The summed E-state index contributed by atoms with van der Waals surface area (Å²) in [6, 6.07) is 0.459. The Kier molecular flexibility index (Phi) is 6.14. The molecule has 0 amide bonds. The van der Waals surface area contributed by atoms with Crippen LogP contribution in [-0.4, -0.2) is 55.4 Å². The van der Waals surface area contributed by atoms with E-state index >= 15 is 0 Å². The third-order valence-corrected chi connectivity index (χ3v) is 3.83. The summed E-state index contributed by atoms with van der Waals surface area (Å²) in [5.41, 5.74) is 0. The van der Waals surface area contributed by atoms with Gasteiger partial charge in [-0.15, -0.1) is 0 Å². The minimum absolute atomic E-state index is 0.357. The summed E-state index contributed by atoms with van der Waals surface area (Å²) in [6.07, 6.45) is 4.74. The van der Waals surface area contributed by atoms with Crippen molar-refractivity contribution in [2.75, 3.05) is 33.7 Å². The van der Waals surface area contributed by atoms with Crippen LogP contribution < -0.4 is 0 Å². The Bertz CT molecular complexity index is 234. The first kappa shape index (κ1) is 14.7. The number of ketones is 1. The summed E-state index contributed by atoms with van der Waals surface area (Å²) in [5.74, 6) is 0.825. The molecule has 0 aromatic carbocycles. The lowest BCUT2D eigenvalue weighted by molar-refractivity contribution is -0.124.